The van der Waals surface area contributed by atoms with Crippen molar-refractivity contribution in [1.82, 2.24) is 14.5 Å². The number of benzene rings is 3. The van der Waals surface area contributed by atoms with Gasteiger partial charge in [-0.1, -0.05) is 60.7 Å². The molecule has 0 atom stereocenters. The lowest BCUT2D eigenvalue weighted by atomic mass is 10.1. The number of carbonyl (C=O) groups excluding carboxylic acids is 2. The number of nitrogens with zero attached hydrogens (tertiary/aromatic N) is 3. The van der Waals surface area contributed by atoms with Crippen molar-refractivity contribution in [2.75, 3.05) is 22.9 Å². The Morgan fingerprint density at radius 1 is 0.975 bits per heavy atom. The first-order valence-corrected chi connectivity index (χ1v) is 14.4. The molecule has 3 aromatic carbocycles. The van der Waals surface area contributed by atoms with Crippen molar-refractivity contribution in [3.05, 3.63) is 120 Å². The highest BCUT2D eigenvalue weighted by Crippen LogP contribution is 2.19. The largest absolute Gasteiger partial charge is 0.399 e. The van der Waals surface area contributed by atoms with E-state index in [-0.39, 0.29) is 24.3 Å². The van der Waals surface area contributed by atoms with E-state index in [1.807, 2.05) is 54.6 Å². The fourth-order valence-corrected chi connectivity index (χ4v) is 5.15. The van der Waals surface area contributed by atoms with Gasteiger partial charge in [-0.05, 0) is 54.8 Å². The number of hydrogen-bond acceptors (Lipinski definition) is 6. The van der Waals surface area contributed by atoms with Gasteiger partial charge in [-0.25, -0.2) is 13.1 Å². The zero-order valence-electron chi connectivity index (χ0n) is 22.1. The van der Waals surface area contributed by atoms with Crippen molar-refractivity contribution in [3.63, 3.8) is 0 Å². The predicted octanol–water partition coefficient (Wildman–Crippen LogP) is 3.64. The summed E-state index contributed by atoms with van der Waals surface area (Å²) in [5, 5.41) is 4.33. The quantitative estimate of drug-likeness (QED) is 0.125. The molecule has 1 aromatic heterocycles. The summed E-state index contributed by atoms with van der Waals surface area (Å²) in [6.45, 7) is 2.47. The molecule has 10 heteroatoms. The summed E-state index contributed by atoms with van der Waals surface area (Å²) < 4.78 is 29.4. The highest BCUT2D eigenvalue weighted by atomic mass is 32.2. The highest BCUT2D eigenvalue weighted by Gasteiger charge is 2.27. The molecule has 4 rings (SSSR count). The molecule has 0 saturated heterocycles. The Balaban J connectivity index is 1.61. The first kappa shape index (κ1) is 28.3. The van der Waals surface area contributed by atoms with Gasteiger partial charge in [0.05, 0.1) is 18.5 Å². The Hall–Kier alpha value is -4.70. The third-order valence-corrected chi connectivity index (χ3v) is 7.35. The number of carbonyl (C=O) groups is 2. The first-order chi connectivity index (χ1) is 19.2. The van der Waals surface area contributed by atoms with E-state index in [9.17, 15) is 18.0 Å². The maximum Gasteiger partial charge on any atom is 0.270 e. The van der Waals surface area contributed by atoms with Crippen molar-refractivity contribution in [1.29, 1.82) is 0 Å². The van der Waals surface area contributed by atoms with Crippen LogP contribution < -0.4 is 15.4 Å². The second-order valence-corrected chi connectivity index (χ2v) is 11.0. The Morgan fingerprint density at radius 2 is 1.65 bits per heavy atom. The molecule has 40 heavy (non-hydrogen) atoms. The number of nitrogen functional groups attached to an aromatic ring is 1. The highest BCUT2D eigenvalue weighted by molar-refractivity contribution is 7.90. The van der Waals surface area contributed by atoms with E-state index in [4.69, 9.17) is 5.73 Å². The second-order valence-electron chi connectivity index (χ2n) is 9.14. The van der Waals surface area contributed by atoms with Crippen LogP contribution in [0, 0.1) is 0 Å². The van der Waals surface area contributed by atoms with E-state index in [1.54, 1.807) is 48.1 Å². The molecule has 4 aromatic rings. The summed E-state index contributed by atoms with van der Waals surface area (Å²) in [4.78, 5) is 28.5. The topological polar surface area (TPSA) is 127 Å². The van der Waals surface area contributed by atoms with E-state index in [1.165, 1.54) is 17.2 Å². The number of likely N-dealkylation sites (N-methyl/N-ethyl adjacent to an activating group) is 1. The number of amides is 2. The van der Waals surface area contributed by atoms with Crippen LogP contribution in [0.3, 0.4) is 0 Å². The average Bonchev–Trinajstić information content (AvgIpc) is 3.38. The van der Waals surface area contributed by atoms with Gasteiger partial charge in [-0.2, -0.15) is 5.10 Å². The molecule has 0 aliphatic rings. The zero-order valence-corrected chi connectivity index (χ0v) is 22.9. The van der Waals surface area contributed by atoms with Crippen LogP contribution >= 0.6 is 0 Å². The van der Waals surface area contributed by atoms with Gasteiger partial charge in [0.1, 0.15) is 5.57 Å². The van der Waals surface area contributed by atoms with Gasteiger partial charge in [-0.3, -0.25) is 14.3 Å². The Labute approximate surface area is 234 Å². The van der Waals surface area contributed by atoms with Crippen LogP contribution in [0.2, 0.25) is 0 Å². The van der Waals surface area contributed by atoms with Gasteiger partial charge in [-0.15, -0.1) is 0 Å². The van der Waals surface area contributed by atoms with Gasteiger partial charge in [0.15, 0.2) is 0 Å². The molecule has 0 bridgehead atoms. The van der Waals surface area contributed by atoms with Crippen molar-refractivity contribution < 1.29 is 18.0 Å². The van der Waals surface area contributed by atoms with Crippen LogP contribution in [-0.4, -0.2) is 42.3 Å². The average molecular weight is 558 g/mol. The molecule has 0 aliphatic carbocycles. The van der Waals surface area contributed by atoms with Crippen molar-refractivity contribution in [2.45, 2.75) is 19.9 Å². The summed E-state index contributed by atoms with van der Waals surface area (Å²) >= 11 is 0. The summed E-state index contributed by atoms with van der Waals surface area (Å²) in [5.74, 6) is -1.94. The SMILES string of the molecule is CCN(C(=O)C(=Cc1cnn(Cc2cccc(N)c2)c1)C(=O)NS(=O)(=O)CCc1ccccc1)c1ccccc1. The first-order valence-electron chi connectivity index (χ1n) is 12.8. The van der Waals surface area contributed by atoms with Crippen molar-refractivity contribution >= 4 is 39.3 Å². The standard InChI is InChI=1S/C30H31N5O4S/c1-2-35(27-14-7-4-8-15-27)30(37)28(29(36)33-40(38,39)17-16-23-10-5-3-6-11-23)19-25-20-32-34(22-25)21-24-12-9-13-26(31)18-24/h3-15,18-20,22H,2,16-17,21,31H2,1H3,(H,33,36). The Kier molecular flexibility index (Phi) is 9.13. The van der Waals surface area contributed by atoms with Crippen LogP contribution in [0.4, 0.5) is 11.4 Å². The monoisotopic (exact) mass is 557 g/mol. The molecule has 0 spiro atoms. The van der Waals surface area contributed by atoms with Crippen molar-refractivity contribution in [2.24, 2.45) is 0 Å². The molecular formula is C30H31N5O4S. The number of para-hydroxylation sites is 1. The second kappa shape index (κ2) is 12.9. The van der Waals surface area contributed by atoms with Crippen LogP contribution in [-0.2, 0) is 32.6 Å². The van der Waals surface area contributed by atoms with Crippen LogP contribution in [0.25, 0.3) is 6.08 Å². The molecule has 2 amide bonds. The molecule has 9 nitrogen and oxygen atoms in total. The number of rotatable bonds is 11. The number of anilines is 2. The molecular weight excluding hydrogens is 526 g/mol. The summed E-state index contributed by atoms with van der Waals surface area (Å²) in [6.07, 6.45) is 4.76. The normalized spacial score (nSPS) is 11.7. The zero-order chi connectivity index (χ0) is 28.5. The number of sulfonamides is 1. The van der Waals surface area contributed by atoms with Gasteiger partial charge < -0.3 is 10.6 Å². The lowest BCUT2D eigenvalue weighted by Crippen LogP contribution is -2.41. The predicted molar refractivity (Wildman–Crippen MR) is 157 cm³/mol. The lowest BCUT2D eigenvalue weighted by Gasteiger charge is -2.22. The fourth-order valence-electron chi connectivity index (χ4n) is 4.15. The summed E-state index contributed by atoms with van der Waals surface area (Å²) in [6, 6.07) is 25.3. The van der Waals surface area contributed by atoms with E-state index in [0.29, 0.717) is 23.5 Å². The molecule has 0 unspecified atom stereocenters. The van der Waals surface area contributed by atoms with E-state index < -0.39 is 21.8 Å². The third-order valence-electron chi connectivity index (χ3n) is 6.11. The van der Waals surface area contributed by atoms with Crippen molar-refractivity contribution in [3.8, 4) is 0 Å². The Morgan fingerprint density at radius 3 is 2.33 bits per heavy atom. The Bertz CT molecular complexity index is 1600. The van der Waals surface area contributed by atoms with Gasteiger partial charge in [0.25, 0.3) is 11.8 Å². The fraction of sp³-hybridized carbons (Fsp3) is 0.167. The van der Waals surface area contributed by atoms with E-state index in [0.717, 1.165) is 11.1 Å². The number of nitrogens with one attached hydrogen (secondary N) is 1. The van der Waals surface area contributed by atoms with Gasteiger partial charge in [0, 0.05) is 29.7 Å². The third kappa shape index (κ3) is 7.67. The molecule has 0 fully saturated rings. The van der Waals surface area contributed by atoms with E-state index in [2.05, 4.69) is 9.82 Å². The smallest absolute Gasteiger partial charge is 0.270 e. The molecule has 1 heterocycles. The van der Waals surface area contributed by atoms with Crippen LogP contribution in [0.1, 0.15) is 23.6 Å². The number of hydrogen-bond donors (Lipinski definition) is 2. The minimum absolute atomic E-state index is 0.221. The van der Waals surface area contributed by atoms with Crippen LogP contribution in [0.15, 0.2) is 103 Å². The van der Waals surface area contributed by atoms with Gasteiger partial charge >= 0.3 is 0 Å². The summed E-state index contributed by atoms with van der Waals surface area (Å²) in [7, 11) is -4.03. The summed E-state index contributed by atoms with van der Waals surface area (Å²) in [5.41, 5.74) is 8.97. The van der Waals surface area contributed by atoms with Crippen LogP contribution in [0.5, 0.6) is 0 Å². The maximum absolute atomic E-state index is 13.7. The molecule has 0 radical (unpaired) electrons. The number of aryl methyl sites for hydroxylation is 1. The van der Waals surface area contributed by atoms with Gasteiger partial charge in [0.2, 0.25) is 10.0 Å². The number of aromatic nitrogens is 2. The maximum atomic E-state index is 13.7. The number of nitrogens with two attached hydrogens (primary N) is 1. The molecule has 3 N–H and O–H groups in total. The molecule has 0 aliphatic heterocycles. The molecule has 0 saturated carbocycles. The van der Waals surface area contributed by atoms with E-state index >= 15 is 0 Å². The lowest BCUT2D eigenvalue weighted by molar-refractivity contribution is -0.121. The molecule has 206 valence electrons. The minimum Gasteiger partial charge on any atom is -0.399 e. The minimum atomic E-state index is -4.03.